The number of para-hydroxylation sites is 1. The average Bonchev–Trinajstić information content (AvgIpc) is 2.78. The van der Waals surface area contributed by atoms with Gasteiger partial charge in [0.2, 0.25) is 10.0 Å². The summed E-state index contributed by atoms with van der Waals surface area (Å²) in [5.41, 5.74) is -0.0381. The molecule has 32 heavy (non-hydrogen) atoms. The Kier molecular flexibility index (Phi) is 7.22. The summed E-state index contributed by atoms with van der Waals surface area (Å²) >= 11 is 0. The molecule has 0 saturated carbocycles. The number of hydrogen-bond donors (Lipinski definition) is 1. The Morgan fingerprint density at radius 2 is 1.66 bits per heavy atom. The highest BCUT2D eigenvalue weighted by molar-refractivity contribution is 7.89. The van der Waals surface area contributed by atoms with Gasteiger partial charge in [-0.2, -0.15) is 4.31 Å². The smallest absolute Gasteiger partial charge is 0.255 e. The van der Waals surface area contributed by atoms with Crippen molar-refractivity contribution in [3.8, 4) is 5.75 Å². The molecule has 0 aromatic heterocycles. The van der Waals surface area contributed by atoms with Gasteiger partial charge in [-0.05, 0) is 49.4 Å². The molecule has 0 heterocycles. The molecule has 0 bridgehead atoms. The Hall–Kier alpha value is -3.30. The summed E-state index contributed by atoms with van der Waals surface area (Å²) in [5.74, 6) is -2.15. The van der Waals surface area contributed by atoms with Crippen LogP contribution in [0.5, 0.6) is 5.75 Å². The van der Waals surface area contributed by atoms with Crippen molar-refractivity contribution < 1.29 is 26.7 Å². The van der Waals surface area contributed by atoms with Crippen LogP contribution in [0.2, 0.25) is 0 Å². The van der Waals surface area contributed by atoms with Gasteiger partial charge in [-0.1, -0.05) is 24.3 Å². The number of carbonyl (C=O) groups is 1. The summed E-state index contributed by atoms with van der Waals surface area (Å²) in [7, 11) is -2.37. The molecule has 3 aromatic carbocycles. The molecule has 1 amide bonds. The van der Waals surface area contributed by atoms with E-state index in [1.165, 1.54) is 43.4 Å². The Bertz CT molecular complexity index is 1200. The molecule has 0 atom stereocenters. The van der Waals surface area contributed by atoms with Crippen molar-refractivity contribution in [1.29, 1.82) is 0 Å². The molecule has 0 spiro atoms. The first-order chi connectivity index (χ1) is 15.2. The molecule has 0 radical (unpaired) electrons. The van der Waals surface area contributed by atoms with E-state index in [1.807, 2.05) is 0 Å². The van der Waals surface area contributed by atoms with Crippen LogP contribution in [0.4, 0.5) is 14.5 Å². The Labute approximate surface area is 185 Å². The van der Waals surface area contributed by atoms with Crippen molar-refractivity contribution in [3.63, 3.8) is 0 Å². The predicted molar refractivity (Wildman–Crippen MR) is 117 cm³/mol. The van der Waals surface area contributed by atoms with Gasteiger partial charge in [0.25, 0.3) is 5.91 Å². The predicted octanol–water partition coefficient (Wildman–Crippen LogP) is 4.44. The zero-order chi connectivity index (χ0) is 23.3. The third kappa shape index (κ3) is 5.12. The van der Waals surface area contributed by atoms with Gasteiger partial charge in [-0.25, -0.2) is 17.2 Å². The number of carbonyl (C=O) groups excluding carboxylic acids is 1. The summed E-state index contributed by atoms with van der Waals surface area (Å²) in [4.78, 5) is 12.8. The van der Waals surface area contributed by atoms with E-state index < -0.39 is 33.3 Å². The second-order valence-electron chi connectivity index (χ2n) is 6.88. The second-order valence-corrected chi connectivity index (χ2v) is 8.93. The molecule has 0 unspecified atom stereocenters. The van der Waals surface area contributed by atoms with Crippen LogP contribution in [0.3, 0.4) is 0 Å². The number of nitrogens with zero attached hydrogens (tertiary/aromatic N) is 1. The van der Waals surface area contributed by atoms with Crippen LogP contribution in [0.1, 0.15) is 22.8 Å². The number of sulfonamides is 1. The number of amides is 1. The molecule has 0 saturated heterocycles. The number of rotatable bonds is 8. The number of anilines is 1. The molecule has 1 N–H and O–H groups in total. The van der Waals surface area contributed by atoms with Gasteiger partial charge in [-0.3, -0.25) is 4.79 Å². The van der Waals surface area contributed by atoms with E-state index in [9.17, 15) is 22.0 Å². The molecule has 0 aliphatic carbocycles. The monoisotopic (exact) mass is 460 g/mol. The first kappa shape index (κ1) is 23.4. The zero-order valence-corrected chi connectivity index (χ0v) is 18.3. The van der Waals surface area contributed by atoms with Crippen LogP contribution in [-0.2, 0) is 16.6 Å². The van der Waals surface area contributed by atoms with Crippen LogP contribution in [0, 0.1) is 11.6 Å². The van der Waals surface area contributed by atoms with E-state index in [0.29, 0.717) is 17.9 Å². The van der Waals surface area contributed by atoms with Crippen molar-refractivity contribution >= 4 is 21.6 Å². The standard InChI is InChI=1S/C23H22F2N2O4S/c1-3-31-21-13-12-16(23(28)26-22-19(24)10-7-11-20(22)25)14-17(21)15-27(2)32(29,30)18-8-5-4-6-9-18/h4-14H,3,15H2,1-2H3,(H,26,28). The Balaban J connectivity index is 1.90. The third-order valence-electron chi connectivity index (χ3n) is 4.67. The molecular formula is C23H22F2N2O4S. The Morgan fingerprint density at radius 3 is 2.28 bits per heavy atom. The lowest BCUT2D eigenvalue weighted by atomic mass is 10.1. The van der Waals surface area contributed by atoms with Crippen molar-refractivity contribution in [1.82, 2.24) is 4.31 Å². The summed E-state index contributed by atoms with van der Waals surface area (Å²) in [6.45, 7) is 2.02. The maximum Gasteiger partial charge on any atom is 0.255 e. The van der Waals surface area contributed by atoms with Crippen molar-refractivity contribution in [3.05, 3.63) is 89.5 Å². The summed E-state index contributed by atoms with van der Waals surface area (Å²) in [5, 5.41) is 2.22. The molecule has 3 rings (SSSR count). The van der Waals surface area contributed by atoms with Gasteiger partial charge < -0.3 is 10.1 Å². The lowest BCUT2D eigenvalue weighted by Crippen LogP contribution is -2.27. The molecule has 3 aromatic rings. The fourth-order valence-electron chi connectivity index (χ4n) is 3.04. The van der Waals surface area contributed by atoms with Crippen LogP contribution < -0.4 is 10.1 Å². The van der Waals surface area contributed by atoms with Crippen LogP contribution >= 0.6 is 0 Å². The lowest BCUT2D eigenvalue weighted by molar-refractivity contribution is 0.102. The maximum absolute atomic E-state index is 13.9. The Morgan fingerprint density at radius 1 is 1.00 bits per heavy atom. The molecule has 0 fully saturated rings. The molecule has 6 nitrogen and oxygen atoms in total. The SMILES string of the molecule is CCOc1ccc(C(=O)Nc2c(F)cccc2F)cc1CN(C)S(=O)(=O)c1ccccc1. The minimum atomic E-state index is -3.78. The van der Waals surface area contributed by atoms with E-state index in [2.05, 4.69) is 5.32 Å². The summed E-state index contributed by atoms with van der Waals surface area (Å²) in [6.07, 6.45) is 0. The van der Waals surface area contributed by atoms with Gasteiger partial charge in [-0.15, -0.1) is 0 Å². The van der Waals surface area contributed by atoms with Crippen molar-refractivity contribution in [2.75, 3.05) is 19.0 Å². The third-order valence-corrected chi connectivity index (χ3v) is 6.49. The molecule has 0 aliphatic rings. The highest BCUT2D eigenvalue weighted by Crippen LogP contribution is 2.26. The largest absolute Gasteiger partial charge is 0.494 e. The van der Waals surface area contributed by atoms with Crippen molar-refractivity contribution in [2.45, 2.75) is 18.4 Å². The van der Waals surface area contributed by atoms with Gasteiger partial charge in [0.15, 0.2) is 0 Å². The molecule has 168 valence electrons. The maximum atomic E-state index is 13.9. The van der Waals surface area contributed by atoms with Gasteiger partial charge >= 0.3 is 0 Å². The van der Waals surface area contributed by atoms with E-state index in [0.717, 1.165) is 16.4 Å². The highest BCUT2D eigenvalue weighted by Gasteiger charge is 2.23. The molecular weight excluding hydrogens is 438 g/mol. The fourth-order valence-corrected chi connectivity index (χ4v) is 4.21. The first-order valence-corrected chi connectivity index (χ1v) is 11.2. The van der Waals surface area contributed by atoms with E-state index in [1.54, 1.807) is 25.1 Å². The minimum absolute atomic E-state index is 0.0816. The molecule has 0 aliphatic heterocycles. The number of benzene rings is 3. The van der Waals surface area contributed by atoms with E-state index in [-0.39, 0.29) is 17.0 Å². The van der Waals surface area contributed by atoms with Crippen LogP contribution in [0.25, 0.3) is 0 Å². The number of nitrogens with one attached hydrogen (secondary N) is 1. The number of hydrogen-bond acceptors (Lipinski definition) is 4. The average molecular weight is 461 g/mol. The first-order valence-electron chi connectivity index (χ1n) is 9.76. The zero-order valence-electron chi connectivity index (χ0n) is 17.5. The molecule has 9 heteroatoms. The van der Waals surface area contributed by atoms with E-state index >= 15 is 0 Å². The fraction of sp³-hybridized carbons (Fsp3) is 0.174. The normalized spacial score (nSPS) is 11.4. The van der Waals surface area contributed by atoms with Gasteiger partial charge in [0.1, 0.15) is 23.1 Å². The van der Waals surface area contributed by atoms with Gasteiger partial charge in [0, 0.05) is 24.7 Å². The quantitative estimate of drug-likeness (QED) is 0.539. The second kappa shape index (κ2) is 9.88. The van der Waals surface area contributed by atoms with Crippen LogP contribution in [0.15, 0.2) is 71.6 Å². The number of ether oxygens (including phenoxy) is 1. The van der Waals surface area contributed by atoms with Gasteiger partial charge in [0.05, 0.1) is 11.5 Å². The highest BCUT2D eigenvalue weighted by atomic mass is 32.2. The van der Waals surface area contributed by atoms with Crippen molar-refractivity contribution in [2.24, 2.45) is 0 Å². The van der Waals surface area contributed by atoms with E-state index in [4.69, 9.17) is 4.74 Å². The number of halogens is 2. The van der Waals surface area contributed by atoms with Crippen LogP contribution in [-0.4, -0.2) is 32.3 Å². The minimum Gasteiger partial charge on any atom is -0.494 e. The topological polar surface area (TPSA) is 75.7 Å². The summed E-state index contributed by atoms with van der Waals surface area (Å²) < 4.78 is 60.2. The summed E-state index contributed by atoms with van der Waals surface area (Å²) in [6, 6.07) is 15.6. The lowest BCUT2D eigenvalue weighted by Gasteiger charge is -2.20.